The molecule has 0 spiro atoms. The van der Waals surface area contributed by atoms with Gasteiger partial charge in [-0.2, -0.15) is 0 Å². The van der Waals surface area contributed by atoms with Crippen LogP contribution in [0.2, 0.25) is 0 Å². The van der Waals surface area contributed by atoms with Crippen molar-refractivity contribution in [2.75, 3.05) is 26.4 Å². The average molecular weight is 1080 g/mol. The number of nitrogens with two attached hydrogens (primary N) is 1. The Bertz CT molecular complexity index is 1230. The van der Waals surface area contributed by atoms with Crippen LogP contribution in [0.25, 0.3) is 0 Å². The molecule has 75 heavy (non-hydrogen) atoms. The van der Waals surface area contributed by atoms with Crippen molar-refractivity contribution in [3.05, 3.63) is 12.2 Å². The number of unbranched alkanes of at least 4 members (excludes halogenated alkanes) is 49. The predicted octanol–water partition coefficient (Wildman–Crippen LogP) is 21.2. The molecule has 0 aromatic rings. The Morgan fingerprint density at radius 1 is 0.387 bits per heavy atom. The first-order chi connectivity index (χ1) is 36.8. The smallest absolute Gasteiger partial charge is 0.462 e. The SMILES string of the molecule is CCCCCCCCC/C=C\CCCCCCCCCC(=O)OC(COC(=O)CCCCCCCCCCCCCCCCCCCCCCCCCCCCCCCCCCCCCC)COP(=O)(O)OCCN. The second-order valence-electron chi connectivity index (χ2n) is 22.7. The molecule has 3 N–H and O–H groups in total. The Kier molecular flexibility index (Phi) is 60.9. The van der Waals surface area contributed by atoms with Gasteiger partial charge in [0.25, 0.3) is 0 Å². The van der Waals surface area contributed by atoms with Gasteiger partial charge in [-0.25, -0.2) is 4.57 Å². The molecule has 0 aliphatic rings. The molecule has 0 radical (unpaired) electrons. The van der Waals surface area contributed by atoms with Crippen LogP contribution in [0.5, 0.6) is 0 Å². The maximum absolute atomic E-state index is 12.7. The zero-order valence-corrected chi connectivity index (χ0v) is 51.0. The van der Waals surface area contributed by atoms with Crippen molar-refractivity contribution in [1.29, 1.82) is 0 Å². The van der Waals surface area contributed by atoms with Crippen molar-refractivity contribution in [2.24, 2.45) is 5.73 Å². The lowest BCUT2D eigenvalue weighted by Gasteiger charge is -2.19. The van der Waals surface area contributed by atoms with E-state index in [0.717, 1.165) is 44.9 Å². The largest absolute Gasteiger partial charge is 0.472 e. The Morgan fingerprint density at radius 2 is 0.653 bits per heavy atom. The molecule has 0 aliphatic heterocycles. The molecule has 0 rings (SSSR count). The average Bonchev–Trinajstić information content (AvgIpc) is 3.40. The summed E-state index contributed by atoms with van der Waals surface area (Å²) in [5, 5.41) is 0. The molecule has 0 bridgehead atoms. The molecule has 0 saturated carbocycles. The zero-order chi connectivity index (χ0) is 54.5. The number of carbonyl (C=O) groups excluding carboxylic acids is 2. The standard InChI is InChI=1S/C65H128NO8P/c1-3-5-7-9-11-13-15-17-19-21-23-24-25-26-27-28-29-30-31-32-33-34-35-36-37-38-39-40-42-43-45-47-49-51-53-55-57-64(67)71-61-63(62-73-75(69,70)72-60-59-66)74-65(68)58-56-54-52-50-48-46-44-41-22-20-18-16-14-12-10-8-6-4-2/h20,22,63H,3-19,21,23-62,66H2,1-2H3,(H,69,70)/b22-20-. The maximum atomic E-state index is 12.7. The van der Waals surface area contributed by atoms with E-state index in [2.05, 4.69) is 26.0 Å². The zero-order valence-electron chi connectivity index (χ0n) is 50.1. The van der Waals surface area contributed by atoms with Crippen LogP contribution >= 0.6 is 7.82 Å². The van der Waals surface area contributed by atoms with Gasteiger partial charge in [-0.05, 0) is 38.5 Å². The summed E-state index contributed by atoms with van der Waals surface area (Å²) in [4.78, 5) is 35.2. The van der Waals surface area contributed by atoms with Gasteiger partial charge >= 0.3 is 19.8 Å². The van der Waals surface area contributed by atoms with Gasteiger partial charge in [0.1, 0.15) is 6.61 Å². The minimum Gasteiger partial charge on any atom is -0.462 e. The molecule has 0 aromatic carbocycles. The summed E-state index contributed by atoms with van der Waals surface area (Å²) in [6, 6.07) is 0. The number of phosphoric ester groups is 1. The monoisotopic (exact) mass is 1080 g/mol. The topological polar surface area (TPSA) is 134 Å². The van der Waals surface area contributed by atoms with Crippen LogP contribution in [0.15, 0.2) is 12.2 Å². The number of ether oxygens (including phenoxy) is 2. The first kappa shape index (κ1) is 73.8. The number of phosphoric acid groups is 1. The van der Waals surface area contributed by atoms with Crippen LogP contribution in [0.1, 0.15) is 361 Å². The van der Waals surface area contributed by atoms with Crippen LogP contribution in [0, 0.1) is 0 Å². The molecule has 2 atom stereocenters. The minimum atomic E-state index is -4.38. The highest BCUT2D eigenvalue weighted by atomic mass is 31.2. The molecule has 0 heterocycles. The van der Waals surface area contributed by atoms with Gasteiger partial charge in [-0.1, -0.05) is 321 Å². The fraction of sp³-hybridized carbons (Fsp3) is 0.938. The van der Waals surface area contributed by atoms with E-state index < -0.39 is 26.5 Å². The molecule has 0 aromatic heterocycles. The number of allylic oxidation sites excluding steroid dienone is 2. The van der Waals surface area contributed by atoms with Crippen molar-refractivity contribution in [3.63, 3.8) is 0 Å². The molecular formula is C65H128NO8P. The minimum absolute atomic E-state index is 0.0560. The second-order valence-corrected chi connectivity index (χ2v) is 24.2. The summed E-state index contributed by atoms with van der Waals surface area (Å²) in [5.41, 5.74) is 5.39. The number of esters is 2. The fourth-order valence-corrected chi connectivity index (χ4v) is 11.0. The van der Waals surface area contributed by atoms with E-state index in [0.29, 0.717) is 6.42 Å². The quantitative estimate of drug-likeness (QED) is 0.0264. The third kappa shape index (κ3) is 61.8. The third-order valence-corrected chi connectivity index (χ3v) is 16.1. The van der Waals surface area contributed by atoms with Crippen LogP contribution in [0.4, 0.5) is 0 Å². The van der Waals surface area contributed by atoms with Gasteiger partial charge in [0, 0.05) is 19.4 Å². The summed E-state index contributed by atoms with van der Waals surface area (Å²) >= 11 is 0. The number of hydrogen-bond acceptors (Lipinski definition) is 8. The molecule has 0 saturated heterocycles. The van der Waals surface area contributed by atoms with Crippen LogP contribution in [-0.4, -0.2) is 49.3 Å². The van der Waals surface area contributed by atoms with E-state index >= 15 is 0 Å². The highest BCUT2D eigenvalue weighted by molar-refractivity contribution is 7.47. The van der Waals surface area contributed by atoms with Gasteiger partial charge in [0.2, 0.25) is 0 Å². The van der Waals surface area contributed by atoms with Crippen molar-refractivity contribution in [2.45, 2.75) is 367 Å². The Hall–Kier alpha value is -1.25. The predicted molar refractivity (Wildman–Crippen MR) is 321 cm³/mol. The van der Waals surface area contributed by atoms with E-state index in [1.165, 1.54) is 283 Å². The fourth-order valence-electron chi connectivity index (χ4n) is 10.2. The molecule has 9 nitrogen and oxygen atoms in total. The van der Waals surface area contributed by atoms with E-state index in [1.54, 1.807) is 0 Å². The van der Waals surface area contributed by atoms with Crippen molar-refractivity contribution in [1.82, 2.24) is 0 Å². The first-order valence-electron chi connectivity index (χ1n) is 33.2. The van der Waals surface area contributed by atoms with Crippen molar-refractivity contribution in [3.8, 4) is 0 Å². The summed E-state index contributed by atoms with van der Waals surface area (Å²) in [6.07, 6.45) is 73.2. The number of hydrogen-bond donors (Lipinski definition) is 2. The van der Waals surface area contributed by atoms with Crippen LogP contribution < -0.4 is 5.73 Å². The summed E-state index contributed by atoms with van der Waals surface area (Å²) in [5.74, 6) is -0.811. The van der Waals surface area contributed by atoms with Crippen LogP contribution in [-0.2, 0) is 32.7 Å². The Labute approximate surface area is 466 Å². The highest BCUT2D eigenvalue weighted by Crippen LogP contribution is 2.43. The lowest BCUT2D eigenvalue weighted by atomic mass is 10.0. The Morgan fingerprint density at radius 3 is 0.947 bits per heavy atom. The number of rotatable bonds is 64. The lowest BCUT2D eigenvalue weighted by Crippen LogP contribution is -2.29. The highest BCUT2D eigenvalue weighted by Gasteiger charge is 2.26. The first-order valence-corrected chi connectivity index (χ1v) is 34.7. The summed E-state index contributed by atoms with van der Waals surface area (Å²) in [6.45, 7) is 3.81. The van der Waals surface area contributed by atoms with Gasteiger partial charge in [0.05, 0.1) is 13.2 Å². The van der Waals surface area contributed by atoms with E-state index in [4.69, 9.17) is 24.3 Å². The molecule has 446 valence electrons. The Balaban J connectivity index is 3.75. The second kappa shape index (κ2) is 62.0. The molecule has 10 heteroatoms. The normalized spacial score (nSPS) is 13.0. The van der Waals surface area contributed by atoms with E-state index in [9.17, 15) is 19.0 Å². The van der Waals surface area contributed by atoms with Gasteiger partial charge in [-0.15, -0.1) is 0 Å². The van der Waals surface area contributed by atoms with Crippen molar-refractivity contribution >= 4 is 19.8 Å². The molecule has 0 amide bonds. The van der Waals surface area contributed by atoms with E-state index in [-0.39, 0.29) is 38.6 Å². The molecule has 0 fully saturated rings. The number of carbonyl (C=O) groups is 2. The lowest BCUT2D eigenvalue weighted by molar-refractivity contribution is -0.161. The van der Waals surface area contributed by atoms with E-state index in [1.807, 2.05) is 0 Å². The maximum Gasteiger partial charge on any atom is 0.472 e. The third-order valence-electron chi connectivity index (χ3n) is 15.2. The van der Waals surface area contributed by atoms with Crippen LogP contribution in [0.3, 0.4) is 0 Å². The molecule has 2 unspecified atom stereocenters. The van der Waals surface area contributed by atoms with Gasteiger partial charge in [-0.3, -0.25) is 18.6 Å². The molecule has 0 aliphatic carbocycles. The van der Waals surface area contributed by atoms with Gasteiger partial charge in [0.15, 0.2) is 6.10 Å². The summed E-state index contributed by atoms with van der Waals surface area (Å²) < 4.78 is 33.1. The molecular weight excluding hydrogens is 954 g/mol. The van der Waals surface area contributed by atoms with Crippen molar-refractivity contribution < 1.29 is 37.6 Å². The summed E-state index contributed by atoms with van der Waals surface area (Å²) in [7, 11) is -4.38. The van der Waals surface area contributed by atoms with Gasteiger partial charge < -0.3 is 20.1 Å².